The molecule has 2 N–H and O–H groups in total. The van der Waals surface area contributed by atoms with Crippen LogP contribution in [0.4, 0.5) is 0 Å². The molecule has 15 heavy (non-hydrogen) atoms. The molecule has 0 amide bonds. The Bertz CT molecular complexity index is 404. The molecule has 2 rings (SSSR count). The molecule has 0 aromatic carbocycles. The lowest BCUT2D eigenvalue weighted by molar-refractivity contribution is 0.474. The number of rotatable bonds is 2. The summed E-state index contributed by atoms with van der Waals surface area (Å²) in [5.74, 6) is 0. The molecule has 2 heterocycles. The highest BCUT2D eigenvalue weighted by atomic mass is 35.5. The quantitative estimate of drug-likeness (QED) is 0.867. The van der Waals surface area contributed by atoms with Crippen LogP contribution in [0.3, 0.4) is 0 Å². The topological polar surface area (TPSA) is 63.4 Å². The van der Waals surface area contributed by atoms with Crippen LogP contribution in [0.25, 0.3) is 0 Å². The van der Waals surface area contributed by atoms with Gasteiger partial charge in [0.1, 0.15) is 4.21 Å². The van der Waals surface area contributed by atoms with Crippen LogP contribution in [0.5, 0.6) is 0 Å². The molecule has 86 valence electrons. The largest absolute Gasteiger partial charge is 0.326 e. The molecule has 7 heteroatoms. The van der Waals surface area contributed by atoms with Crippen molar-refractivity contribution in [2.75, 3.05) is 13.1 Å². The van der Waals surface area contributed by atoms with Crippen molar-refractivity contribution in [3.63, 3.8) is 0 Å². The Morgan fingerprint density at radius 3 is 2.73 bits per heavy atom. The third-order valence-electron chi connectivity index (χ3n) is 2.28. The minimum atomic E-state index is -3.26. The van der Waals surface area contributed by atoms with E-state index in [9.17, 15) is 8.42 Å². The lowest BCUT2D eigenvalue weighted by atomic mass is 10.3. The van der Waals surface area contributed by atoms with Gasteiger partial charge in [-0.2, -0.15) is 4.31 Å². The van der Waals surface area contributed by atoms with Crippen LogP contribution in [0.1, 0.15) is 6.42 Å². The molecular formula is C8H13ClN2O2S2. The zero-order valence-electron chi connectivity index (χ0n) is 8.00. The molecular weight excluding hydrogens is 256 g/mol. The van der Waals surface area contributed by atoms with Crippen molar-refractivity contribution in [3.8, 4) is 0 Å². The minimum Gasteiger partial charge on any atom is -0.326 e. The molecule has 1 atom stereocenters. The van der Waals surface area contributed by atoms with E-state index in [2.05, 4.69) is 0 Å². The van der Waals surface area contributed by atoms with Gasteiger partial charge in [0, 0.05) is 19.1 Å². The van der Waals surface area contributed by atoms with E-state index in [0.29, 0.717) is 17.3 Å². The second-order valence-corrected chi connectivity index (χ2v) is 6.46. The molecule has 0 saturated carbocycles. The van der Waals surface area contributed by atoms with Gasteiger partial charge < -0.3 is 5.73 Å². The van der Waals surface area contributed by atoms with Gasteiger partial charge in [-0.1, -0.05) is 6.07 Å². The summed E-state index contributed by atoms with van der Waals surface area (Å²) in [5.41, 5.74) is 5.67. The minimum absolute atomic E-state index is 0. The SMILES string of the molecule is Cl.N[C@@H]1CCN(S(=O)(=O)c2cccs2)C1. The number of hydrogen-bond donors (Lipinski definition) is 1. The van der Waals surface area contributed by atoms with Crippen LogP contribution in [-0.2, 0) is 10.0 Å². The molecule has 0 bridgehead atoms. The van der Waals surface area contributed by atoms with Crippen molar-refractivity contribution in [3.05, 3.63) is 17.5 Å². The summed E-state index contributed by atoms with van der Waals surface area (Å²) in [4.78, 5) is 0. The summed E-state index contributed by atoms with van der Waals surface area (Å²) in [5, 5.41) is 1.77. The van der Waals surface area contributed by atoms with Gasteiger partial charge in [0.05, 0.1) is 0 Å². The highest BCUT2D eigenvalue weighted by molar-refractivity contribution is 7.91. The Morgan fingerprint density at radius 1 is 1.53 bits per heavy atom. The van der Waals surface area contributed by atoms with E-state index in [0.717, 1.165) is 6.42 Å². The molecule has 0 unspecified atom stereocenters. The third-order valence-corrected chi connectivity index (χ3v) is 5.51. The van der Waals surface area contributed by atoms with Crippen molar-refractivity contribution in [2.24, 2.45) is 5.73 Å². The van der Waals surface area contributed by atoms with Gasteiger partial charge in [0.15, 0.2) is 0 Å². The number of nitrogens with two attached hydrogens (primary N) is 1. The fourth-order valence-electron chi connectivity index (χ4n) is 1.51. The Morgan fingerprint density at radius 2 is 2.27 bits per heavy atom. The summed E-state index contributed by atoms with van der Waals surface area (Å²) in [7, 11) is -3.26. The Labute approximate surface area is 99.5 Å². The molecule has 0 spiro atoms. The van der Waals surface area contributed by atoms with Crippen LogP contribution in [0.15, 0.2) is 21.7 Å². The highest BCUT2D eigenvalue weighted by Crippen LogP contribution is 2.23. The lowest BCUT2D eigenvalue weighted by Crippen LogP contribution is -2.31. The van der Waals surface area contributed by atoms with Crippen LogP contribution in [0, 0.1) is 0 Å². The van der Waals surface area contributed by atoms with Gasteiger partial charge >= 0.3 is 0 Å². The third kappa shape index (κ3) is 2.51. The molecule has 1 aliphatic heterocycles. The van der Waals surface area contributed by atoms with Crippen LogP contribution in [0.2, 0.25) is 0 Å². The maximum atomic E-state index is 11.9. The predicted molar refractivity (Wildman–Crippen MR) is 62.9 cm³/mol. The van der Waals surface area contributed by atoms with Crippen LogP contribution < -0.4 is 5.73 Å². The van der Waals surface area contributed by atoms with Gasteiger partial charge in [-0.25, -0.2) is 8.42 Å². The number of sulfonamides is 1. The van der Waals surface area contributed by atoms with E-state index in [4.69, 9.17) is 5.73 Å². The predicted octanol–water partition coefficient (Wildman–Crippen LogP) is 0.892. The molecule has 1 aromatic rings. The lowest BCUT2D eigenvalue weighted by Gasteiger charge is -2.13. The average molecular weight is 269 g/mol. The first-order valence-electron chi connectivity index (χ1n) is 4.40. The van der Waals surface area contributed by atoms with Crippen molar-refractivity contribution in [1.29, 1.82) is 0 Å². The highest BCUT2D eigenvalue weighted by Gasteiger charge is 2.31. The van der Waals surface area contributed by atoms with Gasteiger partial charge in [0.25, 0.3) is 10.0 Å². The summed E-state index contributed by atoms with van der Waals surface area (Å²) < 4.78 is 25.7. The zero-order chi connectivity index (χ0) is 10.2. The van der Waals surface area contributed by atoms with E-state index in [1.807, 2.05) is 0 Å². The number of nitrogens with zero attached hydrogens (tertiary/aromatic N) is 1. The molecule has 0 aliphatic carbocycles. The first-order chi connectivity index (χ1) is 6.60. The Hall–Kier alpha value is -0.140. The molecule has 1 aromatic heterocycles. The second-order valence-electron chi connectivity index (χ2n) is 3.34. The van der Waals surface area contributed by atoms with Gasteiger partial charge in [-0.3, -0.25) is 0 Å². The first kappa shape index (κ1) is 12.9. The Kier molecular flexibility index (Phi) is 4.13. The summed E-state index contributed by atoms with van der Waals surface area (Å²) in [6.45, 7) is 0.988. The van der Waals surface area contributed by atoms with Gasteiger partial charge in [0.2, 0.25) is 0 Å². The number of halogens is 1. The van der Waals surface area contributed by atoms with E-state index < -0.39 is 10.0 Å². The Balaban J connectivity index is 0.00000112. The molecule has 1 aliphatic rings. The standard InChI is InChI=1S/C8H12N2O2S2.ClH/c9-7-3-4-10(6-7)14(11,12)8-2-1-5-13-8;/h1-2,5,7H,3-4,6,9H2;1H/t7-;/m1./s1. The zero-order valence-corrected chi connectivity index (χ0v) is 10.4. The first-order valence-corrected chi connectivity index (χ1v) is 6.72. The van der Waals surface area contributed by atoms with Gasteiger partial charge in [-0.05, 0) is 17.9 Å². The molecule has 4 nitrogen and oxygen atoms in total. The normalized spacial score (nSPS) is 22.6. The van der Waals surface area contributed by atoms with Crippen LogP contribution >= 0.6 is 23.7 Å². The smallest absolute Gasteiger partial charge is 0.252 e. The average Bonchev–Trinajstić information content (AvgIpc) is 2.72. The van der Waals surface area contributed by atoms with Crippen molar-refractivity contribution >= 4 is 33.8 Å². The molecule has 1 saturated heterocycles. The van der Waals surface area contributed by atoms with Crippen molar-refractivity contribution in [2.45, 2.75) is 16.7 Å². The van der Waals surface area contributed by atoms with E-state index >= 15 is 0 Å². The van der Waals surface area contributed by atoms with Crippen molar-refractivity contribution in [1.82, 2.24) is 4.31 Å². The van der Waals surface area contributed by atoms with E-state index in [1.54, 1.807) is 17.5 Å². The maximum Gasteiger partial charge on any atom is 0.252 e. The second kappa shape index (κ2) is 4.80. The summed E-state index contributed by atoms with van der Waals surface area (Å²) in [6.07, 6.45) is 0.755. The van der Waals surface area contributed by atoms with Crippen molar-refractivity contribution < 1.29 is 8.42 Å². The number of hydrogen-bond acceptors (Lipinski definition) is 4. The fraction of sp³-hybridized carbons (Fsp3) is 0.500. The fourth-order valence-corrected chi connectivity index (χ4v) is 4.17. The molecule has 1 fully saturated rings. The summed E-state index contributed by atoms with van der Waals surface area (Å²) in [6, 6.07) is 3.36. The summed E-state index contributed by atoms with van der Waals surface area (Å²) >= 11 is 1.25. The monoisotopic (exact) mass is 268 g/mol. The maximum absolute atomic E-state index is 11.9. The van der Waals surface area contributed by atoms with E-state index in [-0.39, 0.29) is 18.4 Å². The molecule has 0 radical (unpaired) electrons. The van der Waals surface area contributed by atoms with Gasteiger partial charge in [-0.15, -0.1) is 23.7 Å². The van der Waals surface area contributed by atoms with Crippen LogP contribution in [-0.4, -0.2) is 31.9 Å². The van der Waals surface area contributed by atoms with E-state index in [1.165, 1.54) is 15.6 Å². The number of thiophene rings is 1.